The molecule has 0 spiro atoms. The molecule has 2 aromatic rings. The van der Waals surface area contributed by atoms with Crippen LogP contribution in [0.25, 0.3) is 10.9 Å². The number of amides is 1. The highest BCUT2D eigenvalue weighted by atomic mass is 31.0. The van der Waals surface area contributed by atoms with Crippen molar-refractivity contribution in [3.8, 4) is 0 Å². The van der Waals surface area contributed by atoms with Gasteiger partial charge in [0.2, 0.25) is 0 Å². The first-order valence-electron chi connectivity index (χ1n) is 4.47. The molecular weight excluding hydrogens is 233 g/mol. The Morgan fingerprint density at radius 1 is 1.38 bits per heavy atom. The van der Waals surface area contributed by atoms with Gasteiger partial charge in [0.15, 0.2) is 0 Å². The van der Waals surface area contributed by atoms with Crippen molar-refractivity contribution in [3.63, 3.8) is 0 Å². The molecule has 2 rings (SSSR count). The summed E-state index contributed by atoms with van der Waals surface area (Å²) >= 11 is 0. The third-order valence-electron chi connectivity index (χ3n) is 2.27. The van der Waals surface area contributed by atoms with Crippen LogP contribution in [-0.2, 0) is 5.66 Å². The van der Waals surface area contributed by atoms with E-state index >= 15 is 0 Å². The van der Waals surface area contributed by atoms with Gasteiger partial charge >= 0.3 is 0 Å². The minimum absolute atomic E-state index is 0.125. The van der Waals surface area contributed by atoms with Gasteiger partial charge in [-0.1, -0.05) is 15.3 Å². The zero-order valence-corrected chi connectivity index (χ0v) is 9.28. The number of rotatable bonds is 2. The van der Waals surface area contributed by atoms with E-state index in [0.29, 0.717) is 10.9 Å². The van der Waals surface area contributed by atoms with Crippen molar-refractivity contribution in [1.82, 2.24) is 4.98 Å². The Bertz CT molecular complexity index is 559. The van der Waals surface area contributed by atoms with Crippen molar-refractivity contribution in [3.05, 3.63) is 35.5 Å². The lowest BCUT2D eigenvalue weighted by molar-refractivity contribution is 0.0995. The summed E-state index contributed by atoms with van der Waals surface area (Å²) in [4.78, 5) is 13.6. The molecule has 1 unspecified atom stereocenters. The molecule has 0 bridgehead atoms. The lowest BCUT2D eigenvalue weighted by Crippen LogP contribution is -2.10. The molecule has 0 aliphatic heterocycles. The molecule has 0 saturated carbocycles. The highest BCUT2D eigenvalue weighted by molar-refractivity contribution is 7.17. The Morgan fingerprint density at radius 2 is 2.06 bits per heavy atom. The van der Waals surface area contributed by atoms with E-state index < -0.39 is 11.6 Å². The number of hydrogen-bond acceptors (Lipinski definition) is 1. The fourth-order valence-electron chi connectivity index (χ4n) is 1.47. The Labute approximate surface area is 92.2 Å². The first kappa shape index (κ1) is 11.0. The average Bonchev–Trinajstić information content (AvgIpc) is 2.58. The molecule has 6 heteroatoms. The summed E-state index contributed by atoms with van der Waals surface area (Å²) in [6, 6.07) is 5.58. The monoisotopic (exact) mass is 242 g/mol. The van der Waals surface area contributed by atoms with Crippen LogP contribution in [0.3, 0.4) is 0 Å². The van der Waals surface area contributed by atoms with Crippen LogP contribution in [0.5, 0.6) is 0 Å². The Morgan fingerprint density at radius 3 is 2.62 bits per heavy atom. The van der Waals surface area contributed by atoms with Crippen molar-refractivity contribution < 1.29 is 13.6 Å². The van der Waals surface area contributed by atoms with E-state index in [2.05, 4.69) is 4.98 Å². The molecule has 0 saturated heterocycles. The van der Waals surface area contributed by atoms with Crippen LogP contribution in [0.1, 0.15) is 16.1 Å². The number of fused-ring (bicyclic) bond motifs is 1. The van der Waals surface area contributed by atoms with Gasteiger partial charge in [0.1, 0.15) is 5.69 Å². The van der Waals surface area contributed by atoms with E-state index in [1.807, 2.05) is 0 Å². The topological polar surface area (TPSA) is 58.9 Å². The third kappa shape index (κ3) is 1.91. The van der Waals surface area contributed by atoms with Gasteiger partial charge in [-0.05, 0) is 18.2 Å². The van der Waals surface area contributed by atoms with Gasteiger partial charge in [0.25, 0.3) is 11.6 Å². The number of halogens is 2. The number of nitrogens with one attached hydrogen (secondary N) is 1. The summed E-state index contributed by atoms with van der Waals surface area (Å²) in [6.07, 6.45) is 0. The van der Waals surface area contributed by atoms with E-state index in [1.54, 1.807) is 0 Å². The van der Waals surface area contributed by atoms with E-state index in [4.69, 9.17) is 5.73 Å². The Balaban J connectivity index is 2.58. The van der Waals surface area contributed by atoms with Crippen LogP contribution in [0, 0.1) is 0 Å². The molecule has 1 aromatic carbocycles. The van der Waals surface area contributed by atoms with Crippen molar-refractivity contribution >= 4 is 26.0 Å². The normalized spacial score (nSPS) is 11.9. The Kier molecular flexibility index (Phi) is 2.43. The van der Waals surface area contributed by atoms with Gasteiger partial charge in [0.05, 0.1) is 0 Å². The fraction of sp³-hybridized carbons (Fsp3) is 0.100. The SMILES string of the molecule is NC(=O)c1cc2cc(C(F)(F)P)ccc2[nH]1. The zero-order valence-electron chi connectivity index (χ0n) is 8.13. The van der Waals surface area contributed by atoms with Gasteiger partial charge in [-0.15, -0.1) is 0 Å². The Hall–Kier alpha value is -1.48. The first-order valence-corrected chi connectivity index (χ1v) is 5.05. The number of primary amides is 1. The zero-order chi connectivity index (χ0) is 11.9. The number of hydrogen-bond donors (Lipinski definition) is 2. The number of aromatic amines is 1. The van der Waals surface area contributed by atoms with E-state index in [-0.39, 0.29) is 11.3 Å². The standard InChI is InChI=1S/C10H9F2N2OP/c11-10(12,16)6-1-2-7-5(3-6)4-8(14-7)9(13)15/h1-4,14H,16H2,(H2,13,15). The number of carbonyl (C=O) groups is 1. The quantitative estimate of drug-likeness (QED) is 0.779. The molecule has 1 amide bonds. The summed E-state index contributed by atoms with van der Waals surface area (Å²) < 4.78 is 26.0. The van der Waals surface area contributed by atoms with Crippen molar-refractivity contribution in [1.29, 1.82) is 0 Å². The van der Waals surface area contributed by atoms with Crippen LogP contribution in [0.15, 0.2) is 24.3 Å². The number of carbonyl (C=O) groups excluding carboxylic acids is 1. The summed E-state index contributed by atoms with van der Waals surface area (Å²) in [5.41, 5.74) is 2.79. The number of benzene rings is 1. The van der Waals surface area contributed by atoms with Crippen LogP contribution < -0.4 is 5.73 Å². The largest absolute Gasteiger partial charge is 0.364 e. The van der Waals surface area contributed by atoms with E-state index in [0.717, 1.165) is 0 Å². The van der Waals surface area contributed by atoms with Crippen LogP contribution >= 0.6 is 9.24 Å². The number of H-pyrrole nitrogens is 1. The van der Waals surface area contributed by atoms with Crippen molar-refractivity contribution in [2.45, 2.75) is 5.66 Å². The summed E-state index contributed by atoms with van der Waals surface area (Å²) in [5.74, 6) is -0.615. The van der Waals surface area contributed by atoms with Gasteiger partial charge < -0.3 is 10.7 Å². The minimum Gasteiger partial charge on any atom is -0.364 e. The minimum atomic E-state index is -2.97. The molecule has 0 radical (unpaired) electrons. The predicted molar refractivity (Wildman–Crippen MR) is 60.4 cm³/mol. The van der Waals surface area contributed by atoms with Crippen LogP contribution in [0.4, 0.5) is 8.78 Å². The molecule has 0 fully saturated rings. The summed E-state index contributed by atoms with van der Waals surface area (Å²) in [5, 5.41) is 0.536. The van der Waals surface area contributed by atoms with Crippen molar-refractivity contribution in [2.75, 3.05) is 0 Å². The fourth-order valence-corrected chi connectivity index (χ4v) is 1.65. The molecule has 1 aromatic heterocycles. The highest BCUT2D eigenvalue weighted by Gasteiger charge is 2.24. The van der Waals surface area contributed by atoms with E-state index in [9.17, 15) is 13.6 Å². The lowest BCUT2D eigenvalue weighted by Gasteiger charge is -2.09. The molecular formula is C10H9F2N2OP. The summed E-state index contributed by atoms with van der Waals surface area (Å²) in [7, 11) is 1.47. The maximum Gasteiger partial charge on any atom is 0.283 e. The van der Waals surface area contributed by atoms with Gasteiger partial charge in [-0.2, -0.15) is 8.78 Å². The molecule has 16 heavy (non-hydrogen) atoms. The smallest absolute Gasteiger partial charge is 0.283 e. The number of aromatic nitrogens is 1. The second-order valence-electron chi connectivity index (χ2n) is 3.47. The highest BCUT2D eigenvalue weighted by Crippen LogP contribution is 2.36. The maximum absolute atomic E-state index is 13.0. The molecule has 1 atom stereocenters. The molecule has 0 aliphatic carbocycles. The lowest BCUT2D eigenvalue weighted by atomic mass is 10.1. The maximum atomic E-state index is 13.0. The molecule has 1 heterocycles. The molecule has 3 nitrogen and oxygen atoms in total. The van der Waals surface area contributed by atoms with Crippen LogP contribution in [-0.4, -0.2) is 10.9 Å². The molecule has 0 aliphatic rings. The number of nitrogens with two attached hydrogens (primary N) is 1. The average molecular weight is 242 g/mol. The third-order valence-corrected chi connectivity index (χ3v) is 2.60. The molecule has 3 N–H and O–H groups in total. The second kappa shape index (κ2) is 3.52. The predicted octanol–water partition coefficient (Wildman–Crippen LogP) is 2.19. The molecule has 84 valence electrons. The van der Waals surface area contributed by atoms with Gasteiger partial charge in [-0.25, -0.2) is 0 Å². The van der Waals surface area contributed by atoms with Gasteiger partial charge in [-0.3, -0.25) is 4.79 Å². The second-order valence-corrected chi connectivity index (χ2v) is 4.20. The van der Waals surface area contributed by atoms with Gasteiger partial charge in [0, 0.05) is 16.5 Å². The van der Waals surface area contributed by atoms with Crippen LogP contribution in [0.2, 0.25) is 0 Å². The van der Waals surface area contributed by atoms with Crippen molar-refractivity contribution in [2.24, 2.45) is 5.73 Å². The van der Waals surface area contributed by atoms with E-state index in [1.165, 1.54) is 33.5 Å². The summed E-state index contributed by atoms with van der Waals surface area (Å²) in [6.45, 7) is 0. The first-order chi connectivity index (χ1) is 7.38. The number of alkyl halides is 2.